The van der Waals surface area contributed by atoms with Crippen molar-refractivity contribution in [2.45, 2.75) is 30.7 Å². The molecule has 1 aliphatic rings. The maximum absolute atomic E-state index is 10.9. The second-order valence-corrected chi connectivity index (χ2v) is 4.69. The standard InChI is InChI=1S/C13H14O9/c14-7-8(15)10(12(19)20)22-13(9(7)16)21-6-3-1-2-5(4-6)11(17)18/h1-4,7-10,13-16H,(H,17,18)(H,19,20). The zero-order valence-electron chi connectivity index (χ0n) is 11.1. The van der Waals surface area contributed by atoms with Crippen molar-refractivity contribution in [3.8, 4) is 5.75 Å². The van der Waals surface area contributed by atoms with Gasteiger partial charge in [-0.15, -0.1) is 0 Å². The maximum atomic E-state index is 10.9. The molecule has 9 heteroatoms. The van der Waals surface area contributed by atoms with Crippen LogP contribution < -0.4 is 4.74 Å². The highest BCUT2D eigenvalue weighted by molar-refractivity contribution is 5.88. The van der Waals surface area contributed by atoms with Crippen molar-refractivity contribution in [2.75, 3.05) is 0 Å². The molecule has 120 valence electrons. The van der Waals surface area contributed by atoms with Crippen LogP contribution >= 0.6 is 0 Å². The summed E-state index contributed by atoms with van der Waals surface area (Å²) >= 11 is 0. The first-order valence-electron chi connectivity index (χ1n) is 6.23. The molecule has 0 radical (unpaired) electrons. The van der Waals surface area contributed by atoms with Crippen LogP contribution in [0.4, 0.5) is 0 Å². The number of carbonyl (C=O) groups is 2. The Bertz CT molecular complexity index is 572. The third-order valence-electron chi connectivity index (χ3n) is 3.15. The average molecular weight is 314 g/mol. The first-order valence-corrected chi connectivity index (χ1v) is 6.23. The van der Waals surface area contributed by atoms with Crippen LogP contribution in [0.15, 0.2) is 24.3 Å². The lowest BCUT2D eigenvalue weighted by atomic mass is 9.99. The smallest absolute Gasteiger partial charge is 0.335 e. The van der Waals surface area contributed by atoms with Gasteiger partial charge in [0, 0.05) is 0 Å². The fourth-order valence-electron chi connectivity index (χ4n) is 1.99. The van der Waals surface area contributed by atoms with E-state index >= 15 is 0 Å². The van der Waals surface area contributed by atoms with Crippen molar-refractivity contribution in [1.29, 1.82) is 0 Å². The van der Waals surface area contributed by atoms with Gasteiger partial charge < -0.3 is 35.0 Å². The number of rotatable bonds is 4. The number of aliphatic carboxylic acids is 1. The second kappa shape index (κ2) is 6.28. The van der Waals surface area contributed by atoms with Crippen molar-refractivity contribution in [2.24, 2.45) is 0 Å². The van der Waals surface area contributed by atoms with Gasteiger partial charge in [0.25, 0.3) is 0 Å². The predicted octanol–water partition coefficient (Wildman–Crippen LogP) is -1.34. The van der Waals surface area contributed by atoms with Crippen LogP contribution in [0.3, 0.4) is 0 Å². The third-order valence-corrected chi connectivity index (χ3v) is 3.15. The summed E-state index contributed by atoms with van der Waals surface area (Å²) < 4.78 is 10.1. The largest absolute Gasteiger partial charge is 0.479 e. The second-order valence-electron chi connectivity index (χ2n) is 4.69. The maximum Gasteiger partial charge on any atom is 0.335 e. The van der Waals surface area contributed by atoms with E-state index in [2.05, 4.69) is 0 Å². The molecule has 2 rings (SSSR count). The molecule has 9 nitrogen and oxygen atoms in total. The van der Waals surface area contributed by atoms with Crippen LogP contribution in [0.25, 0.3) is 0 Å². The summed E-state index contributed by atoms with van der Waals surface area (Å²) in [4.78, 5) is 21.8. The predicted molar refractivity (Wildman–Crippen MR) is 68.3 cm³/mol. The van der Waals surface area contributed by atoms with E-state index in [0.717, 1.165) is 6.07 Å². The highest BCUT2D eigenvalue weighted by Gasteiger charge is 2.48. The van der Waals surface area contributed by atoms with E-state index in [9.17, 15) is 24.9 Å². The summed E-state index contributed by atoms with van der Waals surface area (Å²) in [5.74, 6) is -2.74. The molecule has 0 bridgehead atoms. The highest BCUT2D eigenvalue weighted by atomic mass is 16.7. The number of carboxylic acid groups (broad SMARTS) is 2. The molecule has 0 spiro atoms. The van der Waals surface area contributed by atoms with Crippen LogP contribution in [-0.4, -0.2) is 68.2 Å². The minimum Gasteiger partial charge on any atom is -0.479 e. The van der Waals surface area contributed by atoms with Gasteiger partial charge in [-0.25, -0.2) is 9.59 Å². The van der Waals surface area contributed by atoms with Gasteiger partial charge in [0.15, 0.2) is 6.10 Å². The molecule has 0 saturated carbocycles. The molecule has 0 aromatic heterocycles. The summed E-state index contributed by atoms with van der Waals surface area (Å²) in [7, 11) is 0. The Labute approximate surface area is 124 Å². The Hall–Kier alpha value is -2.20. The summed E-state index contributed by atoms with van der Waals surface area (Å²) in [6.07, 6.45) is -8.69. The van der Waals surface area contributed by atoms with Gasteiger partial charge in [0.2, 0.25) is 6.29 Å². The van der Waals surface area contributed by atoms with Gasteiger partial charge in [-0.1, -0.05) is 6.07 Å². The lowest BCUT2D eigenvalue weighted by molar-refractivity contribution is -0.271. The van der Waals surface area contributed by atoms with Crippen LogP contribution in [0, 0.1) is 0 Å². The van der Waals surface area contributed by atoms with Crippen molar-refractivity contribution >= 4 is 11.9 Å². The Balaban J connectivity index is 2.19. The van der Waals surface area contributed by atoms with E-state index in [0.29, 0.717) is 0 Å². The molecule has 1 aromatic rings. The van der Waals surface area contributed by atoms with Crippen LogP contribution in [0.1, 0.15) is 10.4 Å². The summed E-state index contributed by atoms with van der Waals surface area (Å²) in [5, 5.41) is 46.7. The van der Waals surface area contributed by atoms with Gasteiger partial charge in [-0.2, -0.15) is 0 Å². The van der Waals surface area contributed by atoms with Crippen molar-refractivity contribution in [3.05, 3.63) is 29.8 Å². The molecule has 22 heavy (non-hydrogen) atoms. The summed E-state index contributed by atoms with van der Waals surface area (Å²) in [5.41, 5.74) is -0.0850. The molecule has 1 heterocycles. The fraction of sp³-hybridized carbons (Fsp3) is 0.385. The van der Waals surface area contributed by atoms with Crippen LogP contribution in [0.2, 0.25) is 0 Å². The highest BCUT2D eigenvalue weighted by Crippen LogP contribution is 2.25. The molecule has 1 aromatic carbocycles. The molecule has 5 unspecified atom stereocenters. The number of ether oxygens (including phenoxy) is 2. The van der Waals surface area contributed by atoms with Crippen molar-refractivity contribution < 1.29 is 44.6 Å². The molecule has 5 atom stereocenters. The quantitative estimate of drug-likeness (QED) is 0.454. The van der Waals surface area contributed by atoms with Crippen molar-refractivity contribution in [3.63, 3.8) is 0 Å². The van der Waals surface area contributed by atoms with Crippen molar-refractivity contribution in [1.82, 2.24) is 0 Å². The van der Waals surface area contributed by atoms with Gasteiger partial charge in [-0.3, -0.25) is 0 Å². The zero-order valence-corrected chi connectivity index (χ0v) is 11.1. The van der Waals surface area contributed by atoms with E-state index < -0.39 is 42.6 Å². The Morgan fingerprint density at radius 3 is 2.32 bits per heavy atom. The summed E-state index contributed by atoms with van der Waals surface area (Å²) in [6.45, 7) is 0. The van der Waals surface area contributed by atoms with Crippen LogP contribution in [-0.2, 0) is 9.53 Å². The van der Waals surface area contributed by atoms with Gasteiger partial charge in [0.1, 0.15) is 24.1 Å². The number of hydrogen-bond acceptors (Lipinski definition) is 7. The van der Waals surface area contributed by atoms with E-state index in [1.54, 1.807) is 0 Å². The van der Waals surface area contributed by atoms with E-state index in [4.69, 9.17) is 19.7 Å². The van der Waals surface area contributed by atoms with Gasteiger partial charge >= 0.3 is 11.9 Å². The lowest BCUT2D eigenvalue weighted by Gasteiger charge is -2.38. The van der Waals surface area contributed by atoms with Crippen LogP contribution in [0.5, 0.6) is 5.75 Å². The summed E-state index contributed by atoms with van der Waals surface area (Å²) in [6, 6.07) is 5.21. The molecule has 1 saturated heterocycles. The van der Waals surface area contributed by atoms with E-state index in [-0.39, 0.29) is 11.3 Å². The molecule has 0 aliphatic carbocycles. The first-order chi connectivity index (χ1) is 10.3. The number of aromatic carboxylic acids is 1. The first kappa shape index (κ1) is 16.2. The molecular weight excluding hydrogens is 300 g/mol. The monoisotopic (exact) mass is 314 g/mol. The average Bonchev–Trinajstić information content (AvgIpc) is 2.47. The number of aliphatic hydroxyl groups is 3. The lowest BCUT2D eigenvalue weighted by Crippen LogP contribution is -2.61. The van der Waals surface area contributed by atoms with Gasteiger partial charge in [0.05, 0.1) is 5.56 Å². The molecule has 1 aliphatic heterocycles. The zero-order chi connectivity index (χ0) is 16.4. The minimum atomic E-state index is -1.82. The number of carboxylic acids is 2. The molecule has 1 fully saturated rings. The topological polar surface area (TPSA) is 154 Å². The third kappa shape index (κ3) is 3.17. The number of hydrogen-bond donors (Lipinski definition) is 5. The Morgan fingerprint density at radius 1 is 1.05 bits per heavy atom. The normalized spacial score (nSPS) is 31.5. The molecule has 0 amide bonds. The molecular formula is C13H14O9. The Kier molecular flexibility index (Phi) is 4.62. The Morgan fingerprint density at radius 2 is 1.73 bits per heavy atom. The van der Waals surface area contributed by atoms with E-state index in [1.165, 1.54) is 18.2 Å². The number of aliphatic hydroxyl groups excluding tert-OH is 3. The number of benzene rings is 1. The SMILES string of the molecule is O=C(O)c1cccc(OC2OC(C(=O)O)C(O)C(O)C2O)c1. The minimum absolute atomic E-state index is 0.00308. The fourth-order valence-corrected chi connectivity index (χ4v) is 1.99. The van der Waals surface area contributed by atoms with Gasteiger partial charge in [-0.05, 0) is 18.2 Å². The van der Waals surface area contributed by atoms with E-state index in [1.807, 2.05) is 0 Å². The molecule has 5 N–H and O–H groups in total.